The number of rotatable bonds is 7. The molecule has 8 nitrogen and oxygen atoms in total. The SMILES string of the molecule is O=C(CN1CCN(CC(=O)N(c2ccccc2)[C@@H]2CCS(=O)(=O)C2)CC1)Nc1cccc(F)c1. The molecular weight excluding hydrogens is 459 g/mol. The van der Waals surface area contributed by atoms with Gasteiger partial charge in [0.2, 0.25) is 11.8 Å². The number of sulfone groups is 1. The highest BCUT2D eigenvalue weighted by Gasteiger charge is 2.36. The molecule has 2 aromatic carbocycles. The molecule has 0 radical (unpaired) electrons. The predicted octanol–water partition coefficient (Wildman–Crippen LogP) is 1.60. The van der Waals surface area contributed by atoms with E-state index in [2.05, 4.69) is 5.32 Å². The third-order valence-corrected chi connectivity index (χ3v) is 7.93. The number of piperazine rings is 1. The molecule has 0 aromatic heterocycles. The van der Waals surface area contributed by atoms with Crippen LogP contribution in [-0.2, 0) is 19.4 Å². The highest BCUT2D eigenvalue weighted by molar-refractivity contribution is 7.91. The van der Waals surface area contributed by atoms with E-state index in [0.29, 0.717) is 44.0 Å². The minimum absolute atomic E-state index is 0.0121. The molecule has 1 N–H and O–H groups in total. The van der Waals surface area contributed by atoms with E-state index >= 15 is 0 Å². The molecule has 10 heteroatoms. The number of para-hydroxylation sites is 1. The van der Waals surface area contributed by atoms with Crippen LogP contribution in [0.1, 0.15) is 6.42 Å². The lowest BCUT2D eigenvalue weighted by Crippen LogP contribution is -2.53. The Kier molecular flexibility index (Phi) is 7.60. The molecule has 0 spiro atoms. The van der Waals surface area contributed by atoms with Crippen LogP contribution in [0.5, 0.6) is 0 Å². The molecule has 2 heterocycles. The van der Waals surface area contributed by atoms with Crippen LogP contribution < -0.4 is 10.2 Å². The molecule has 2 saturated heterocycles. The topological polar surface area (TPSA) is 90.0 Å². The zero-order valence-corrected chi connectivity index (χ0v) is 19.7. The van der Waals surface area contributed by atoms with Crippen molar-refractivity contribution in [3.05, 3.63) is 60.4 Å². The number of hydrogen-bond acceptors (Lipinski definition) is 6. The van der Waals surface area contributed by atoms with Crippen LogP contribution >= 0.6 is 0 Å². The summed E-state index contributed by atoms with van der Waals surface area (Å²) in [4.78, 5) is 31.2. The largest absolute Gasteiger partial charge is 0.325 e. The van der Waals surface area contributed by atoms with Crippen molar-refractivity contribution in [2.24, 2.45) is 0 Å². The third-order valence-electron chi connectivity index (χ3n) is 6.18. The molecule has 2 fully saturated rings. The summed E-state index contributed by atoms with van der Waals surface area (Å²) in [7, 11) is -3.13. The van der Waals surface area contributed by atoms with E-state index in [1.807, 2.05) is 40.1 Å². The van der Waals surface area contributed by atoms with Crippen LogP contribution in [0.3, 0.4) is 0 Å². The molecule has 182 valence electrons. The zero-order valence-electron chi connectivity index (χ0n) is 18.9. The van der Waals surface area contributed by atoms with Crippen LogP contribution in [0.4, 0.5) is 15.8 Å². The summed E-state index contributed by atoms with van der Waals surface area (Å²) in [5.41, 5.74) is 1.13. The molecule has 2 aliphatic heterocycles. The average molecular weight is 489 g/mol. The van der Waals surface area contributed by atoms with Gasteiger partial charge in [0.1, 0.15) is 5.82 Å². The Bertz CT molecular complexity index is 1120. The maximum absolute atomic E-state index is 13.3. The minimum Gasteiger partial charge on any atom is -0.325 e. The molecule has 34 heavy (non-hydrogen) atoms. The number of nitrogens with zero attached hydrogens (tertiary/aromatic N) is 3. The number of amides is 2. The lowest BCUT2D eigenvalue weighted by molar-refractivity contribution is -0.121. The Morgan fingerprint density at radius 2 is 1.65 bits per heavy atom. The molecule has 4 rings (SSSR count). The Morgan fingerprint density at radius 3 is 2.26 bits per heavy atom. The van der Waals surface area contributed by atoms with Crippen molar-refractivity contribution in [1.29, 1.82) is 0 Å². The van der Waals surface area contributed by atoms with Gasteiger partial charge in [-0.25, -0.2) is 12.8 Å². The zero-order chi connectivity index (χ0) is 24.1. The first-order valence-corrected chi connectivity index (χ1v) is 13.2. The van der Waals surface area contributed by atoms with Crippen LogP contribution in [-0.4, -0.2) is 86.8 Å². The molecule has 2 aromatic rings. The second-order valence-electron chi connectivity index (χ2n) is 8.77. The molecule has 0 saturated carbocycles. The summed E-state index contributed by atoms with van der Waals surface area (Å²) in [6.45, 7) is 2.85. The molecule has 2 amide bonds. The molecular formula is C24H29FN4O4S. The first-order chi connectivity index (χ1) is 16.3. The Labute approximate surface area is 199 Å². The number of anilines is 2. The Balaban J connectivity index is 1.30. The average Bonchev–Trinajstić information content (AvgIpc) is 3.15. The first-order valence-electron chi connectivity index (χ1n) is 11.4. The van der Waals surface area contributed by atoms with Crippen molar-refractivity contribution in [1.82, 2.24) is 9.80 Å². The van der Waals surface area contributed by atoms with E-state index < -0.39 is 15.7 Å². The molecule has 0 bridgehead atoms. The van der Waals surface area contributed by atoms with Gasteiger partial charge in [0.25, 0.3) is 0 Å². The maximum Gasteiger partial charge on any atom is 0.241 e. The number of nitrogens with one attached hydrogen (secondary N) is 1. The highest BCUT2D eigenvalue weighted by atomic mass is 32.2. The number of halogens is 1. The molecule has 0 aliphatic carbocycles. The van der Waals surface area contributed by atoms with Gasteiger partial charge in [-0.05, 0) is 36.8 Å². The lowest BCUT2D eigenvalue weighted by atomic mass is 10.1. The normalized spacial score (nSPS) is 20.7. The number of hydrogen-bond donors (Lipinski definition) is 1. The Hall–Kier alpha value is -2.82. The van der Waals surface area contributed by atoms with Crippen molar-refractivity contribution >= 4 is 33.0 Å². The fourth-order valence-corrected chi connectivity index (χ4v) is 6.17. The smallest absolute Gasteiger partial charge is 0.241 e. The van der Waals surface area contributed by atoms with E-state index in [4.69, 9.17) is 0 Å². The number of carbonyl (C=O) groups excluding carboxylic acids is 2. The number of carbonyl (C=O) groups is 2. The monoisotopic (exact) mass is 488 g/mol. The Morgan fingerprint density at radius 1 is 0.971 bits per heavy atom. The van der Waals surface area contributed by atoms with E-state index in [1.165, 1.54) is 12.1 Å². The summed E-state index contributed by atoms with van der Waals surface area (Å²) in [5, 5.41) is 2.70. The summed E-state index contributed by atoms with van der Waals surface area (Å²) in [6, 6.07) is 14.6. The maximum atomic E-state index is 13.3. The molecule has 1 atom stereocenters. The molecule has 2 aliphatic rings. The van der Waals surface area contributed by atoms with Gasteiger partial charge in [0, 0.05) is 37.6 Å². The van der Waals surface area contributed by atoms with Gasteiger partial charge in [-0.3, -0.25) is 19.4 Å². The van der Waals surface area contributed by atoms with Gasteiger partial charge < -0.3 is 10.2 Å². The van der Waals surface area contributed by atoms with Gasteiger partial charge in [-0.1, -0.05) is 24.3 Å². The van der Waals surface area contributed by atoms with E-state index in [1.54, 1.807) is 17.0 Å². The second-order valence-corrected chi connectivity index (χ2v) is 11.0. The van der Waals surface area contributed by atoms with Crippen LogP contribution in [0, 0.1) is 5.82 Å². The summed E-state index contributed by atoms with van der Waals surface area (Å²) >= 11 is 0. The van der Waals surface area contributed by atoms with Crippen molar-refractivity contribution in [2.45, 2.75) is 12.5 Å². The van der Waals surface area contributed by atoms with E-state index in [-0.39, 0.29) is 42.5 Å². The second kappa shape index (κ2) is 10.6. The van der Waals surface area contributed by atoms with E-state index in [9.17, 15) is 22.4 Å². The third kappa shape index (κ3) is 6.40. The van der Waals surface area contributed by atoms with Gasteiger partial charge in [0.15, 0.2) is 9.84 Å². The lowest BCUT2D eigenvalue weighted by Gasteiger charge is -2.36. The van der Waals surface area contributed by atoms with Crippen molar-refractivity contribution < 1.29 is 22.4 Å². The fraction of sp³-hybridized carbons (Fsp3) is 0.417. The number of benzene rings is 2. The van der Waals surface area contributed by atoms with Gasteiger partial charge in [-0.15, -0.1) is 0 Å². The van der Waals surface area contributed by atoms with Crippen molar-refractivity contribution in [3.8, 4) is 0 Å². The minimum atomic E-state index is -3.13. The summed E-state index contributed by atoms with van der Waals surface area (Å²) < 4.78 is 37.4. The van der Waals surface area contributed by atoms with Crippen LogP contribution in [0.15, 0.2) is 54.6 Å². The van der Waals surface area contributed by atoms with Crippen LogP contribution in [0.25, 0.3) is 0 Å². The highest BCUT2D eigenvalue weighted by Crippen LogP contribution is 2.25. The van der Waals surface area contributed by atoms with Gasteiger partial charge in [-0.2, -0.15) is 0 Å². The predicted molar refractivity (Wildman–Crippen MR) is 129 cm³/mol. The molecule has 0 unspecified atom stereocenters. The van der Waals surface area contributed by atoms with Crippen molar-refractivity contribution in [2.75, 3.05) is 61.0 Å². The van der Waals surface area contributed by atoms with Crippen molar-refractivity contribution in [3.63, 3.8) is 0 Å². The summed E-state index contributed by atoms with van der Waals surface area (Å²) in [5.74, 6) is -0.652. The van der Waals surface area contributed by atoms with Crippen LogP contribution in [0.2, 0.25) is 0 Å². The summed E-state index contributed by atoms with van der Waals surface area (Å²) in [6.07, 6.45) is 0.442. The standard InChI is InChI=1S/C24H29FN4O4S/c25-19-5-4-6-20(15-19)26-23(30)16-27-10-12-28(13-11-27)17-24(31)29(21-7-2-1-3-8-21)22-9-14-34(32,33)18-22/h1-8,15,22H,9-14,16-18H2,(H,26,30)/t22-/m1/s1. The fourth-order valence-electron chi connectivity index (χ4n) is 4.47. The van der Waals surface area contributed by atoms with Gasteiger partial charge >= 0.3 is 0 Å². The quantitative estimate of drug-likeness (QED) is 0.637. The first kappa shape index (κ1) is 24.3. The van der Waals surface area contributed by atoms with E-state index in [0.717, 1.165) is 0 Å². The van der Waals surface area contributed by atoms with Gasteiger partial charge in [0.05, 0.1) is 30.6 Å².